The standard InChI is InChI=1S/C21H21N3O3S.C20H17N3O2S.C15H13F3N2O4S.C14H14N2O2.C11H14N2.C7H9NO2S.C7H13NO.C5H7N.C5H8O4/c1-13-11-16(21(26)27-2)20(28-13)23-17-12-18(25)24(15-9-4-3-5-10-15)19(22-17)14-7-6-8-14;1-11-10-14-16(24)15-17(22-19(14)26-11)21-18(12-6-5-7-12)23(20(15)25)13-8-3-2-4-9-13;16-15(17,18)25(22,23)24-12-9-13(21)20(11-7-2-1-3-8-11)14(19-12)10-5-4-6-10;17-12-9-13(18)16(11-7-2-1-3-8-11)14(15-12)10-5-4-6-10;12-11(9-5-4-6-9)13-10-7-2-1-3-8-10;1-4-3-5(6(8)11-4)7(9)10-2;1-2-9-7(8)6-4-3-5-6;6-4-5-2-1-3-5;1-8-4(6)3-5(7)9-2/h3-5,9-12,14,23H,6-8H2,1-2H3;2-4,8-10,12H,5-7H2,1H3,(H,22,24);1-3,7-10H,4-6H2;1-3,7-10,17H,4-6H2;1-3,7-9H,4-6H2,(H2,12,13);3H,8H2,1-2H3;6,8H,2-5H2,1H3;5H,1-3H2;3H2,1-2H3. The number of anilines is 3. The minimum atomic E-state index is -5.89. The van der Waals surface area contributed by atoms with Gasteiger partial charge >= 0.3 is 39.5 Å². The third kappa shape index (κ3) is 28.7. The highest BCUT2D eigenvalue weighted by Gasteiger charge is 2.49. The van der Waals surface area contributed by atoms with Gasteiger partial charge in [0, 0.05) is 62.1 Å². The van der Waals surface area contributed by atoms with Gasteiger partial charge in [-0.2, -0.15) is 36.8 Å². The van der Waals surface area contributed by atoms with Crippen molar-refractivity contribution in [1.29, 1.82) is 10.7 Å². The molecule has 8 heterocycles. The summed E-state index contributed by atoms with van der Waals surface area (Å²) in [5, 5.41) is 30.0. The summed E-state index contributed by atoms with van der Waals surface area (Å²) in [6.07, 6.45) is 22.5. The number of aryl methyl sites for hydroxylation is 3. The van der Waals surface area contributed by atoms with E-state index in [2.05, 4.69) is 49.7 Å². The molecule has 0 radical (unpaired) electrons. The molecule has 7 fully saturated rings. The number of rotatable bonds is 20. The Labute approximate surface area is 846 Å². The number of aliphatic imine (C=N–C) groups is 1. The van der Waals surface area contributed by atoms with E-state index in [0.717, 1.165) is 143 Å². The number of esters is 4. The van der Waals surface area contributed by atoms with Gasteiger partial charge in [0.2, 0.25) is 17.2 Å². The second kappa shape index (κ2) is 51.6. The normalized spacial score (nSPS) is 14.9. The van der Waals surface area contributed by atoms with Crippen LogP contribution >= 0.6 is 34.0 Å². The molecule has 0 atom stereocenters. The van der Waals surface area contributed by atoms with Crippen molar-refractivity contribution in [2.45, 2.75) is 198 Å². The number of nitriles is 1. The Morgan fingerprint density at radius 1 is 0.538 bits per heavy atom. The quantitative estimate of drug-likeness (QED) is 0.00785. The Kier molecular flexibility index (Phi) is 38.9. The first-order valence-corrected chi connectivity index (χ1v) is 51.4. The molecule has 0 amide bonds. The van der Waals surface area contributed by atoms with Crippen molar-refractivity contribution in [3.63, 3.8) is 0 Å². The number of pyridine rings is 1. The number of ether oxygens (including phenoxy) is 5. The first kappa shape index (κ1) is 109. The Bertz CT molecular complexity index is 7170. The lowest BCUT2D eigenvalue weighted by Gasteiger charge is -2.27. The monoisotopic (exact) mass is 2060 g/mol. The Hall–Kier alpha value is -14.6. The number of nitrogens with zero attached hydrogens (tertiary/aromatic N) is 10. The number of hydrogen-bond donors (Lipinski definition) is 6. The number of hydrogen-bond acceptors (Lipinski definition) is 30. The molecule has 40 heteroatoms. The molecule has 0 aliphatic heterocycles. The van der Waals surface area contributed by atoms with Gasteiger partial charge in [-0.15, -0.1) is 34.0 Å². The number of carbonyl (C=O) groups is 4. The van der Waals surface area contributed by atoms with Crippen LogP contribution in [0.3, 0.4) is 0 Å². The van der Waals surface area contributed by atoms with Crippen molar-refractivity contribution in [2.75, 3.05) is 46.1 Å². The van der Waals surface area contributed by atoms with Crippen molar-refractivity contribution in [2.24, 2.45) is 28.5 Å². The number of para-hydroxylation sites is 5. The van der Waals surface area contributed by atoms with E-state index in [1.807, 2.05) is 155 Å². The van der Waals surface area contributed by atoms with Gasteiger partial charge in [0.15, 0.2) is 5.90 Å². The molecule has 7 saturated carbocycles. The molecule has 7 aliphatic rings. The largest absolute Gasteiger partial charge is 0.534 e. The highest BCUT2D eigenvalue weighted by Crippen LogP contribution is 2.42. The summed E-state index contributed by atoms with van der Waals surface area (Å²) in [7, 11) is -0.763. The van der Waals surface area contributed by atoms with Crippen LogP contribution in [0.1, 0.15) is 230 Å². The second-order valence-electron chi connectivity index (χ2n) is 35.0. The van der Waals surface area contributed by atoms with E-state index < -0.39 is 45.0 Å². The van der Waals surface area contributed by atoms with Gasteiger partial charge in [0.25, 0.3) is 22.2 Å². The summed E-state index contributed by atoms with van der Waals surface area (Å²) in [4.78, 5) is 136. The maximum absolute atomic E-state index is 13.4. The molecule has 8 N–H and O–H groups in total. The van der Waals surface area contributed by atoms with Crippen LogP contribution < -0.4 is 48.6 Å². The highest BCUT2D eigenvalue weighted by molar-refractivity contribution is 7.88. The summed E-state index contributed by atoms with van der Waals surface area (Å²) in [6.45, 7) is 8.34. The van der Waals surface area contributed by atoms with E-state index in [1.165, 1.54) is 118 Å². The molecule has 5 aromatic carbocycles. The van der Waals surface area contributed by atoms with E-state index in [0.29, 0.717) is 98.7 Å². The van der Waals surface area contributed by atoms with Crippen molar-refractivity contribution < 1.29 is 73.7 Å². The number of nitrogens with two attached hydrogens (primary N) is 2. The smallest absolute Gasteiger partial charge is 0.493 e. The maximum atomic E-state index is 13.4. The molecule has 764 valence electrons. The van der Waals surface area contributed by atoms with E-state index in [-0.39, 0.29) is 75.3 Å². The van der Waals surface area contributed by atoms with Crippen LogP contribution in [0.5, 0.6) is 11.8 Å². The molecule has 0 bridgehead atoms. The number of benzene rings is 5. The predicted molar refractivity (Wildman–Crippen MR) is 553 cm³/mol. The zero-order valence-corrected chi connectivity index (χ0v) is 84.7. The van der Waals surface area contributed by atoms with Crippen LogP contribution in [0, 0.1) is 55.3 Å². The minimum Gasteiger partial charge on any atom is -0.493 e. The van der Waals surface area contributed by atoms with Gasteiger partial charge in [-0.1, -0.05) is 136 Å². The van der Waals surface area contributed by atoms with Crippen LogP contribution in [0.4, 0.5) is 34.7 Å². The number of alkyl halides is 3. The summed E-state index contributed by atoms with van der Waals surface area (Å²) in [5.74, 6) is 3.22. The van der Waals surface area contributed by atoms with Crippen molar-refractivity contribution >= 4 is 122 Å². The number of thiophene rings is 3. The zero-order valence-electron chi connectivity index (χ0n) is 81.5. The first-order chi connectivity index (χ1) is 69.6. The van der Waals surface area contributed by atoms with Crippen molar-refractivity contribution in [3.8, 4) is 40.6 Å². The average Bonchev–Trinajstić information content (AvgIpc) is 1.66. The first-order valence-electron chi connectivity index (χ1n) is 47.6. The van der Waals surface area contributed by atoms with E-state index in [4.69, 9.17) is 41.6 Å². The number of H-pyrrole nitrogens is 1. The number of nitrogen functional groups attached to an aromatic ring is 1. The summed E-state index contributed by atoms with van der Waals surface area (Å²) < 4.78 is 92.7. The van der Waals surface area contributed by atoms with Crippen molar-refractivity contribution in [1.82, 2.24) is 43.2 Å². The number of aromatic nitrogens is 9. The number of aromatic hydroxyl groups is 1. The molecule has 33 nitrogen and oxygen atoms in total. The van der Waals surface area contributed by atoms with Gasteiger partial charge in [-0.25, -0.2) is 24.5 Å². The Morgan fingerprint density at radius 2 is 0.952 bits per heavy atom. The van der Waals surface area contributed by atoms with Gasteiger partial charge in [0.05, 0.1) is 98.2 Å². The lowest BCUT2D eigenvalue weighted by atomic mass is 9.84. The SMILES string of the molecule is CCOC(=N)C1CCC1.COC(=O)CC(=O)OC.COC(=O)c1cc(C)sc1N.COC(=O)c1cc(C)sc1Nc1cc(=O)n(-c2ccccc2)c(C2CCC2)n1.Cc1cc2c(=O)c3c(=O)n(-c4ccccc4)c(C4CCC4)nc3[nH]c2s1.N#CC1CCC1.NC(=Nc1ccccc1)C1CCC1.O=c1cc(O)nc(C2CCC2)n1-c1ccccc1.O=c1cc(OS(=O)(=O)C(F)(F)F)nc(C2CCC2)n1-c1ccccc1. The Balaban J connectivity index is 0.000000151. The van der Waals surface area contributed by atoms with Crippen LogP contribution in [-0.4, -0.2) is 133 Å². The topological polar surface area (TPSA) is 475 Å². The van der Waals surface area contributed by atoms with Crippen LogP contribution in [0.25, 0.3) is 44.0 Å². The fraction of sp³-hybridized carbons (Fsp3) is 0.371. The third-order valence-corrected chi connectivity index (χ3v) is 28.8. The lowest BCUT2D eigenvalue weighted by Crippen LogP contribution is -2.31. The summed E-state index contributed by atoms with van der Waals surface area (Å²) >= 11 is 4.34. The molecule has 7 aliphatic carbocycles. The molecule has 0 unspecified atom stereocenters. The number of halogens is 3. The van der Waals surface area contributed by atoms with Gasteiger partial charge in [-0.3, -0.25) is 57.2 Å². The molecule has 20 rings (SSSR count). The fourth-order valence-corrected chi connectivity index (χ4v) is 18.7. The summed E-state index contributed by atoms with van der Waals surface area (Å²) in [5.41, 5.74) is 9.36. The molecular weight excluding hydrogens is 1940 g/mol. The molecule has 145 heavy (non-hydrogen) atoms. The summed E-state index contributed by atoms with van der Waals surface area (Å²) in [6, 6.07) is 57.7. The molecule has 0 saturated heterocycles. The average molecular weight is 2060 g/mol. The molecular formula is C105H116F3N15O18S4. The number of fused-ring (bicyclic) bond motifs is 2. The number of carbonyl (C=O) groups excluding carboxylic acids is 4. The molecule has 13 aromatic rings. The third-order valence-electron chi connectivity index (χ3n) is 25.0. The number of amidine groups is 1. The van der Waals surface area contributed by atoms with Gasteiger partial charge < -0.3 is 54.7 Å². The molecule has 8 aromatic heterocycles. The zero-order chi connectivity index (χ0) is 104. The van der Waals surface area contributed by atoms with Gasteiger partial charge in [-0.05, 0) is 196 Å². The second-order valence-corrected chi connectivity index (χ2v) is 40.4. The maximum Gasteiger partial charge on any atom is 0.534 e. The van der Waals surface area contributed by atoms with Crippen LogP contribution in [-0.2, 0) is 43.4 Å². The Morgan fingerprint density at radius 3 is 1.36 bits per heavy atom. The minimum absolute atomic E-state index is 0.140. The predicted octanol–water partition coefficient (Wildman–Crippen LogP) is 19.9. The highest BCUT2D eigenvalue weighted by atomic mass is 32.2. The van der Waals surface area contributed by atoms with Gasteiger partial charge in [0.1, 0.15) is 67.2 Å². The number of aromatic amines is 1. The van der Waals surface area contributed by atoms with E-state index in [9.17, 15) is 69.8 Å². The number of nitrogens with one attached hydrogen (secondary N) is 3. The lowest BCUT2D eigenvalue weighted by molar-refractivity contribution is -0.151. The van der Waals surface area contributed by atoms with Crippen molar-refractivity contribution in [3.05, 3.63) is 289 Å². The van der Waals surface area contributed by atoms with Crippen LogP contribution in [0.2, 0.25) is 0 Å². The fourth-order valence-electron chi connectivity index (χ4n) is 15.7. The number of methoxy groups -OCH3 is 4. The molecule has 0 spiro atoms. The van der Waals surface area contributed by atoms with E-state index >= 15 is 0 Å². The van der Waals surface area contributed by atoms with E-state index in [1.54, 1.807) is 56.2 Å². The van der Waals surface area contributed by atoms with Crippen LogP contribution in [0.15, 0.2) is 217 Å².